The van der Waals surface area contributed by atoms with Crippen molar-refractivity contribution in [2.45, 2.75) is 19.5 Å². The molecular formula is C21H21N3O3. The average Bonchev–Trinajstić information content (AvgIpc) is 3.09. The fraction of sp³-hybridized carbons (Fsp3) is 0.286. The van der Waals surface area contributed by atoms with Crippen molar-refractivity contribution < 1.29 is 14.3 Å². The zero-order valence-electron chi connectivity index (χ0n) is 15.0. The Morgan fingerprint density at radius 2 is 1.96 bits per heavy atom. The normalized spacial score (nSPS) is 15.5. The summed E-state index contributed by atoms with van der Waals surface area (Å²) >= 11 is 0. The van der Waals surface area contributed by atoms with Gasteiger partial charge in [0.25, 0.3) is 0 Å². The van der Waals surface area contributed by atoms with Gasteiger partial charge in [-0.2, -0.15) is 0 Å². The molecule has 2 aromatic carbocycles. The molecule has 6 nitrogen and oxygen atoms in total. The first-order valence-corrected chi connectivity index (χ1v) is 9.28. The van der Waals surface area contributed by atoms with E-state index in [-0.39, 0.29) is 6.03 Å². The second-order valence-corrected chi connectivity index (χ2v) is 6.94. The molecule has 2 aliphatic rings. The number of carbonyl (C=O) groups is 1. The van der Waals surface area contributed by atoms with E-state index in [1.54, 1.807) is 0 Å². The number of urea groups is 1. The minimum Gasteiger partial charge on any atom is -0.486 e. The van der Waals surface area contributed by atoms with E-state index in [9.17, 15) is 4.79 Å². The maximum atomic E-state index is 12.7. The van der Waals surface area contributed by atoms with Crippen LogP contribution in [0.15, 0.2) is 42.5 Å². The van der Waals surface area contributed by atoms with Crippen molar-refractivity contribution in [2.75, 3.05) is 19.8 Å². The summed E-state index contributed by atoms with van der Waals surface area (Å²) in [7, 11) is 0. The molecule has 0 fully saturated rings. The van der Waals surface area contributed by atoms with Crippen LogP contribution >= 0.6 is 0 Å². The van der Waals surface area contributed by atoms with Crippen LogP contribution in [0.5, 0.6) is 11.5 Å². The van der Waals surface area contributed by atoms with Crippen LogP contribution in [0.2, 0.25) is 0 Å². The fourth-order valence-electron chi connectivity index (χ4n) is 3.83. The molecule has 2 N–H and O–H groups in total. The van der Waals surface area contributed by atoms with Crippen molar-refractivity contribution >= 4 is 16.9 Å². The lowest BCUT2D eigenvalue weighted by molar-refractivity contribution is 0.171. The van der Waals surface area contributed by atoms with Gasteiger partial charge in [0.05, 0.1) is 0 Å². The third-order valence-electron chi connectivity index (χ3n) is 5.22. The molecule has 0 unspecified atom stereocenters. The van der Waals surface area contributed by atoms with Crippen molar-refractivity contribution in [3.8, 4) is 11.5 Å². The molecule has 0 atom stereocenters. The molecule has 0 bridgehead atoms. The summed E-state index contributed by atoms with van der Waals surface area (Å²) in [5, 5.41) is 4.23. The predicted molar refractivity (Wildman–Crippen MR) is 102 cm³/mol. The van der Waals surface area contributed by atoms with Crippen molar-refractivity contribution in [1.82, 2.24) is 15.2 Å². The average molecular weight is 363 g/mol. The van der Waals surface area contributed by atoms with Gasteiger partial charge in [0, 0.05) is 48.2 Å². The number of nitrogens with zero attached hydrogens (tertiary/aromatic N) is 1. The van der Waals surface area contributed by atoms with E-state index in [0.717, 1.165) is 29.0 Å². The predicted octanol–water partition coefficient (Wildman–Crippen LogP) is 3.21. The second kappa shape index (κ2) is 6.54. The van der Waals surface area contributed by atoms with Gasteiger partial charge in [0.1, 0.15) is 13.2 Å². The molecule has 3 heterocycles. The highest BCUT2D eigenvalue weighted by atomic mass is 16.6. The van der Waals surface area contributed by atoms with Gasteiger partial charge in [-0.15, -0.1) is 0 Å². The number of H-pyrrole nitrogens is 1. The minimum absolute atomic E-state index is 0.0409. The lowest BCUT2D eigenvalue weighted by atomic mass is 10.0. The van der Waals surface area contributed by atoms with Crippen LogP contribution in [-0.2, 0) is 19.5 Å². The molecule has 138 valence electrons. The maximum Gasteiger partial charge on any atom is 0.317 e. The Labute approximate surface area is 157 Å². The van der Waals surface area contributed by atoms with Gasteiger partial charge < -0.3 is 24.7 Å². The lowest BCUT2D eigenvalue weighted by Crippen LogP contribution is -2.42. The molecule has 0 radical (unpaired) electrons. The van der Waals surface area contributed by atoms with Gasteiger partial charge >= 0.3 is 6.03 Å². The van der Waals surface area contributed by atoms with Gasteiger partial charge in [-0.05, 0) is 23.8 Å². The number of rotatable bonds is 2. The number of fused-ring (bicyclic) bond motifs is 4. The van der Waals surface area contributed by atoms with Gasteiger partial charge in [-0.25, -0.2) is 4.79 Å². The number of aromatic nitrogens is 1. The van der Waals surface area contributed by atoms with E-state index in [1.807, 2.05) is 35.2 Å². The Balaban J connectivity index is 1.27. The van der Waals surface area contributed by atoms with Crippen LogP contribution in [0.4, 0.5) is 4.79 Å². The maximum absolute atomic E-state index is 12.7. The molecule has 2 aliphatic heterocycles. The summed E-state index contributed by atoms with van der Waals surface area (Å²) in [5.74, 6) is 1.51. The van der Waals surface area contributed by atoms with Crippen LogP contribution in [0.1, 0.15) is 16.8 Å². The van der Waals surface area contributed by atoms with Crippen molar-refractivity contribution in [3.05, 3.63) is 59.3 Å². The molecule has 0 spiro atoms. The third kappa shape index (κ3) is 2.97. The summed E-state index contributed by atoms with van der Waals surface area (Å²) in [6.45, 7) is 2.95. The molecule has 3 aromatic rings. The van der Waals surface area contributed by atoms with E-state index in [2.05, 4.69) is 22.4 Å². The number of amides is 2. The Bertz CT molecular complexity index is 1010. The van der Waals surface area contributed by atoms with Crippen molar-refractivity contribution in [2.24, 2.45) is 0 Å². The van der Waals surface area contributed by atoms with Gasteiger partial charge in [-0.1, -0.05) is 24.3 Å². The first-order valence-electron chi connectivity index (χ1n) is 9.28. The number of nitrogens with one attached hydrogen (secondary N) is 2. The highest BCUT2D eigenvalue weighted by Gasteiger charge is 2.23. The third-order valence-corrected chi connectivity index (χ3v) is 5.22. The highest BCUT2D eigenvalue weighted by molar-refractivity contribution is 5.85. The number of carbonyl (C=O) groups excluding carboxylic acids is 1. The lowest BCUT2D eigenvalue weighted by Gasteiger charge is -2.27. The largest absolute Gasteiger partial charge is 0.486 e. The molecule has 2 amide bonds. The van der Waals surface area contributed by atoms with Crippen molar-refractivity contribution in [1.29, 1.82) is 0 Å². The van der Waals surface area contributed by atoms with Crippen LogP contribution < -0.4 is 14.8 Å². The number of aromatic amines is 1. The number of para-hydroxylation sites is 1. The number of hydrogen-bond donors (Lipinski definition) is 2. The van der Waals surface area contributed by atoms with E-state index in [0.29, 0.717) is 32.8 Å². The quantitative estimate of drug-likeness (QED) is 0.735. The molecule has 27 heavy (non-hydrogen) atoms. The summed E-state index contributed by atoms with van der Waals surface area (Å²) < 4.78 is 11.1. The first-order chi connectivity index (χ1) is 13.3. The van der Waals surface area contributed by atoms with Crippen LogP contribution in [0.25, 0.3) is 10.9 Å². The number of hydrogen-bond acceptors (Lipinski definition) is 3. The Hall–Kier alpha value is -3.15. The molecular weight excluding hydrogens is 342 g/mol. The Morgan fingerprint density at radius 1 is 1.11 bits per heavy atom. The SMILES string of the molecule is O=C(NCc1ccc2c(c1)OCCO2)N1CCc2[nH]c3ccccc3c2C1. The second-order valence-electron chi connectivity index (χ2n) is 6.94. The highest BCUT2D eigenvalue weighted by Crippen LogP contribution is 2.31. The van der Waals surface area contributed by atoms with E-state index in [4.69, 9.17) is 9.47 Å². The number of ether oxygens (including phenoxy) is 2. The summed E-state index contributed by atoms with van der Waals surface area (Å²) in [4.78, 5) is 18.0. The smallest absolute Gasteiger partial charge is 0.317 e. The molecule has 6 heteroatoms. The molecule has 0 saturated heterocycles. The Morgan fingerprint density at radius 3 is 2.89 bits per heavy atom. The molecule has 5 rings (SSSR count). The standard InChI is InChI=1S/C21H21N3O3/c25-21(22-12-14-5-6-19-20(11-14)27-10-9-26-19)24-8-7-18-16(13-24)15-3-1-2-4-17(15)23-18/h1-6,11,23H,7-10,12-13H2,(H,22,25). The van der Waals surface area contributed by atoms with E-state index < -0.39 is 0 Å². The van der Waals surface area contributed by atoms with Gasteiger partial charge in [-0.3, -0.25) is 0 Å². The summed E-state index contributed by atoms with van der Waals surface area (Å²) in [5.41, 5.74) is 4.61. The van der Waals surface area contributed by atoms with E-state index in [1.165, 1.54) is 16.6 Å². The first kappa shape index (κ1) is 16.1. The van der Waals surface area contributed by atoms with Crippen LogP contribution in [0, 0.1) is 0 Å². The zero-order valence-corrected chi connectivity index (χ0v) is 15.0. The molecule has 0 saturated carbocycles. The summed E-state index contributed by atoms with van der Waals surface area (Å²) in [6.07, 6.45) is 0.849. The zero-order chi connectivity index (χ0) is 18.2. The van der Waals surface area contributed by atoms with Crippen LogP contribution in [-0.4, -0.2) is 35.7 Å². The molecule has 1 aromatic heterocycles. The van der Waals surface area contributed by atoms with Crippen molar-refractivity contribution in [3.63, 3.8) is 0 Å². The van der Waals surface area contributed by atoms with Gasteiger partial charge in [0.2, 0.25) is 0 Å². The topological polar surface area (TPSA) is 66.6 Å². The van der Waals surface area contributed by atoms with E-state index >= 15 is 0 Å². The minimum atomic E-state index is -0.0409. The Kier molecular flexibility index (Phi) is 3.89. The van der Waals surface area contributed by atoms with Gasteiger partial charge in [0.15, 0.2) is 11.5 Å². The molecule has 0 aliphatic carbocycles. The monoisotopic (exact) mass is 363 g/mol. The number of benzene rings is 2. The summed E-state index contributed by atoms with van der Waals surface area (Å²) in [6, 6.07) is 14.0. The van der Waals surface area contributed by atoms with Crippen LogP contribution in [0.3, 0.4) is 0 Å². The fourth-order valence-corrected chi connectivity index (χ4v) is 3.83.